The minimum atomic E-state index is -0.357. The van der Waals surface area contributed by atoms with Gasteiger partial charge >= 0.3 is 5.97 Å². The summed E-state index contributed by atoms with van der Waals surface area (Å²) in [5.41, 5.74) is 2.11. The zero-order valence-corrected chi connectivity index (χ0v) is 16.2. The topological polar surface area (TPSA) is 63.6 Å². The molecule has 0 aliphatic heterocycles. The molecule has 0 saturated heterocycles. The van der Waals surface area contributed by atoms with Crippen molar-refractivity contribution < 1.29 is 19.4 Å². The van der Waals surface area contributed by atoms with E-state index >= 15 is 0 Å². The summed E-state index contributed by atoms with van der Waals surface area (Å²) in [4.78, 5) is 24.1. The molecule has 2 aromatic carbocycles. The van der Waals surface area contributed by atoms with Crippen molar-refractivity contribution in [2.45, 2.75) is 38.5 Å². The number of ether oxygens (including phenoxy) is 1. The highest BCUT2D eigenvalue weighted by atomic mass is 16.5. The average molecular weight is 380 g/mol. The lowest BCUT2D eigenvalue weighted by molar-refractivity contribution is -0.137. The zero-order chi connectivity index (χ0) is 20.0. The lowest BCUT2D eigenvalue weighted by Gasteiger charge is -2.03. The third-order valence-electron chi connectivity index (χ3n) is 4.42. The van der Waals surface area contributed by atoms with Gasteiger partial charge in [0.25, 0.3) is 0 Å². The number of benzene rings is 2. The van der Waals surface area contributed by atoms with Crippen molar-refractivity contribution in [3.05, 3.63) is 77.4 Å². The summed E-state index contributed by atoms with van der Waals surface area (Å²) in [5.74, 6) is -0.378. The molecule has 0 atom stereocenters. The molecule has 0 radical (unpaired) electrons. The van der Waals surface area contributed by atoms with Gasteiger partial charge in [-0.25, -0.2) is 4.79 Å². The van der Waals surface area contributed by atoms with E-state index < -0.39 is 0 Å². The Balaban J connectivity index is 1.70. The molecular weight excluding hydrogens is 352 g/mol. The molecule has 2 aromatic rings. The lowest BCUT2D eigenvalue weighted by atomic mass is 10.0. The number of hydrogen-bond donors (Lipinski definition) is 1. The predicted molar refractivity (Wildman–Crippen MR) is 111 cm³/mol. The smallest absolute Gasteiger partial charge is 0.330 e. The summed E-state index contributed by atoms with van der Waals surface area (Å²) >= 11 is 0. The predicted octanol–water partition coefficient (Wildman–Crippen LogP) is 4.81. The maximum Gasteiger partial charge on any atom is 0.330 e. The van der Waals surface area contributed by atoms with E-state index in [1.807, 2.05) is 30.3 Å². The number of rotatable bonds is 12. The van der Waals surface area contributed by atoms with Crippen molar-refractivity contribution in [2.75, 3.05) is 13.2 Å². The number of hydrogen-bond acceptors (Lipinski definition) is 4. The SMILES string of the molecule is O=C(C=Cc1ccc(C(=O)c2ccccc2)cc1)OCCCCCCCCO. The molecule has 28 heavy (non-hydrogen) atoms. The molecule has 0 aliphatic carbocycles. The summed E-state index contributed by atoms with van der Waals surface area (Å²) in [6.45, 7) is 0.684. The van der Waals surface area contributed by atoms with Gasteiger partial charge in [0.15, 0.2) is 5.78 Å². The quantitative estimate of drug-likeness (QED) is 0.248. The second-order valence-corrected chi connectivity index (χ2v) is 6.66. The highest BCUT2D eigenvalue weighted by Gasteiger charge is 2.07. The van der Waals surface area contributed by atoms with Gasteiger partial charge in [-0.3, -0.25) is 4.79 Å². The Kier molecular flexibility index (Phi) is 9.73. The normalized spacial score (nSPS) is 10.9. The van der Waals surface area contributed by atoms with Crippen LogP contribution in [0.5, 0.6) is 0 Å². The minimum absolute atomic E-state index is 0.0214. The average Bonchev–Trinajstić information content (AvgIpc) is 2.74. The van der Waals surface area contributed by atoms with Crippen LogP contribution in [0.2, 0.25) is 0 Å². The summed E-state index contributed by atoms with van der Waals surface area (Å²) < 4.78 is 5.19. The van der Waals surface area contributed by atoms with E-state index in [1.165, 1.54) is 6.08 Å². The van der Waals surface area contributed by atoms with Gasteiger partial charge in [-0.05, 0) is 24.5 Å². The number of esters is 1. The largest absolute Gasteiger partial charge is 0.463 e. The zero-order valence-electron chi connectivity index (χ0n) is 16.2. The van der Waals surface area contributed by atoms with Crippen molar-refractivity contribution in [1.82, 2.24) is 0 Å². The molecule has 0 unspecified atom stereocenters. The monoisotopic (exact) mass is 380 g/mol. The molecule has 0 fully saturated rings. The van der Waals surface area contributed by atoms with Gasteiger partial charge in [0.05, 0.1) is 6.61 Å². The van der Waals surface area contributed by atoms with Crippen LogP contribution in [0.1, 0.15) is 60.0 Å². The van der Waals surface area contributed by atoms with Crippen LogP contribution in [0, 0.1) is 0 Å². The molecule has 4 heteroatoms. The van der Waals surface area contributed by atoms with Gasteiger partial charge in [0.2, 0.25) is 0 Å². The van der Waals surface area contributed by atoms with E-state index in [0.717, 1.165) is 44.1 Å². The van der Waals surface area contributed by atoms with E-state index in [-0.39, 0.29) is 18.4 Å². The molecule has 0 spiro atoms. The van der Waals surface area contributed by atoms with Crippen LogP contribution in [0.15, 0.2) is 60.7 Å². The Bertz CT molecular complexity index is 748. The third-order valence-corrected chi connectivity index (χ3v) is 4.42. The number of carbonyl (C=O) groups is 2. The molecule has 0 aromatic heterocycles. The highest BCUT2D eigenvalue weighted by Crippen LogP contribution is 2.12. The van der Waals surface area contributed by atoms with Crippen LogP contribution in [0.25, 0.3) is 6.08 Å². The summed E-state index contributed by atoms with van der Waals surface area (Å²) in [5, 5.41) is 8.71. The summed E-state index contributed by atoms with van der Waals surface area (Å²) in [6, 6.07) is 16.3. The molecule has 0 saturated carbocycles. The summed E-state index contributed by atoms with van der Waals surface area (Å²) in [7, 11) is 0. The van der Waals surface area contributed by atoms with E-state index in [9.17, 15) is 9.59 Å². The Hall–Kier alpha value is -2.72. The molecule has 0 amide bonds. The fourth-order valence-corrected chi connectivity index (χ4v) is 2.81. The van der Waals surface area contributed by atoms with Gasteiger partial charge in [0, 0.05) is 23.8 Å². The first kappa shape index (κ1) is 21.6. The number of aliphatic hydroxyl groups is 1. The fourth-order valence-electron chi connectivity index (χ4n) is 2.81. The minimum Gasteiger partial charge on any atom is -0.463 e. The summed E-state index contributed by atoms with van der Waals surface area (Å²) in [6.07, 6.45) is 9.10. The molecule has 1 N–H and O–H groups in total. The molecule has 0 heterocycles. The van der Waals surface area contributed by atoms with Crippen molar-refractivity contribution in [2.24, 2.45) is 0 Å². The first-order chi connectivity index (χ1) is 13.7. The van der Waals surface area contributed by atoms with Crippen LogP contribution in [-0.2, 0) is 9.53 Å². The van der Waals surface area contributed by atoms with Crippen molar-refractivity contribution >= 4 is 17.8 Å². The van der Waals surface area contributed by atoms with E-state index in [4.69, 9.17) is 9.84 Å². The van der Waals surface area contributed by atoms with Gasteiger partial charge in [-0.1, -0.05) is 80.3 Å². The van der Waals surface area contributed by atoms with E-state index in [0.29, 0.717) is 17.7 Å². The van der Waals surface area contributed by atoms with Crippen LogP contribution in [-0.4, -0.2) is 30.1 Å². The third kappa shape index (κ3) is 7.89. The number of aliphatic hydroxyl groups excluding tert-OH is 1. The van der Waals surface area contributed by atoms with Crippen LogP contribution >= 0.6 is 0 Å². The van der Waals surface area contributed by atoms with Crippen molar-refractivity contribution in [3.8, 4) is 0 Å². The maximum absolute atomic E-state index is 12.4. The van der Waals surface area contributed by atoms with Gasteiger partial charge in [0.1, 0.15) is 0 Å². The number of ketones is 1. The van der Waals surface area contributed by atoms with Crippen LogP contribution < -0.4 is 0 Å². The first-order valence-corrected chi connectivity index (χ1v) is 9.86. The van der Waals surface area contributed by atoms with E-state index in [1.54, 1.807) is 30.3 Å². The molecule has 0 aliphatic rings. The Labute approximate surface area is 166 Å². The van der Waals surface area contributed by atoms with Crippen molar-refractivity contribution in [1.29, 1.82) is 0 Å². The van der Waals surface area contributed by atoms with E-state index in [2.05, 4.69) is 0 Å². The van der Waals surface area contributed by atoms with Crippen LogP contribution in [0.3, 0.4) is 0 Å². The Morgan fingerprint density at radius 3 is 2.07 bits per heavy atom. The number of carbonyl (C=O) groups excluding carboxylic acids is 2. The number of unbranched alkanes of at least 4 members (excludes halogenated alkanes) is 5. The van der Waals surface area contributed by atoms with Gasteiger partial charge in [-0.2, -0.15) is 0 Å². The molecule has 4 nitrogen and oxygen atoms in total. The van der Waals surface area contributed by atoms with Gasteiger partial charge < -0.3 is 9.84 Å². The van der Waals surface area contributed by atoms with Crippen molar-refractivity contribution in [3.63, 3.8) is 0 Å². The Morgan fingerprint density at radius 2 is 1.39 bits per heavy atom. The lowest BCUT2D eigenvalue weighted by Crippen LogP contribution is -2.02. The molecule has 2 rings (SSSR count). The standard InChI is InChI=1S/C24H28O4/c25-18-8-3-1-2-4-9-19-28-23(26)17-14-20-12-15-22(16-13-20)24(27)21-10-6-5-7-11-21/h5-7,10-17,25H,1-4,8-9,18-19H2. The Morgan fingerprint density at radius 1 is 0.786 bits per heavy atom. The molecule has 0 bridgehead atoms. The maximum atomic E-state index is 12.4. The fraction of sp³-hybridized carbons (Fsp3) is 0.333. The van der Waals surface area contributed by atoms with Crippen LogP contribution in [0.4, 0.5) is 0 Å². The molecular formula is C24H28O4. The first-order valence-electron chi connectivity index (χ1n) is 9.86. The second-order valence-electron chi connectivity index (χ2n) is 6.66. The second kappa shape index (κ2) is 12.6. The molecule has 148 valence electrons. The highest BCUT2D eigenvalue weighted by molar-refractivity contribution is 6.09. The van der Waals surface area contributed by atoms with Gasteiger partial charge in [-0.15, -0.1) is 0 Å².